The van der Waals surface area contributed by atoms with E-state index in [9.17, 15) is 9.59 Å². The Morgan fingerprint density at radius 2 is 1.92 bits per heavy atom. The molecule has 2 aromatic rings. The topological polar surface area (TPSA) is 71.6 Å². The first-order valence-corrected chi connectivity index (χ1v) is 8.23. The van der Waals surface area contributed by atoms with Crippen molar-refractivity contribution in [3.63, 3.8) is 0 Å². The number of hydrogen-bond donors (Lipinski definition) is 1. The van der Waals surface area contributed by atoms with Gasteiger partial charge in [-0.15, -0.1) is 0 Å². The maximum atomic E-state index is 12.9. The van der Waals surface area contributed by atoms with E-state index in [1.54, 1.807) is 28.8 Å². The van der Waals surface area contributed by atoms with Gasteiger partial charge in [-0.25, -0.2) is 0 Å². The number of rotatable bonds is 2. The van der Waals surface area contributed by atoms with Crippen LogP contribution in [0.3, 0.4) is 0 Å². The summed E-state index contributed by atoms with van der Waals surface area (Å²) in [6.07, 6.45) is 3.47. The Morgan fingerprint density at radius 1 is 1.25 bits per heavy atom. The number of fused-ring (bicyclic) bond motifs is 1. The van der Waals surface area contributed by atoms with Gasteiger partial charge in [-0.1, -0.05) is 6.07 Å². The number of amides is 1. The molecular formula is C18H24N4O2. The zero-order valence-electron chi connectivity index (χ0n) is 14.5. The van der Waals surface area contributed by atoms with Crippen molar-refractivity contribution in [2.45, 2.75) is 18.9 Å². The zero-order valence-corrected chi connectivity index (χ0v) is 14.5. The third-order valence-electron chi connectivity index (χ3n) is 5.04. The van der Waals surface area contributed by atoms with Crippen LogP contribution in [0.25, 0.3) is 10.9 Å². The lowest BCUT2D eigenvalue weighted by Crippen LogP contribution is -2.45. The molecule has 24 heavy (non-hydrogen) atoms. The maximum Gasteiger partial charge on any atom is 0.259 e. The molecule has 1 aliphatic rings. The summed E-state index contributed by atoms with van der Waals surface area (Å²) in [4.78, 5) is 29.7. The lowest BCUT2D eigenvalue weighted by molar-refractivity contribution is 0.0658. The summed E-state index contributed by atoms with van der Waals surface area (Å²) in [5, 5.41) is 0.419. The molecule has 128 valence electrons. The molecule has 2 N–H and O–H groups in total. The molecule has 3 rings (SSSR count). The number of pyridine rings is 1. The number of hydrogen-bond acceptors (Lipinski definition) is 4. The van der Waals surface area contributed by atoms with Crippen molar-refractivity contribution in [2.24, 2.45) is 7.05 Å². The highest BCUT2D eigenvalue weighted by Gasteiger charge is 2.27. The number of piperidine rings is 1. The van der Waals surface area contributed by atoms with E-state index in [1.165, 1.54) is 0 Å². The van der Waals surface area contributed by atoms with Crippen LogP contribution in [0.5, 0.6) is 0 Å². The number of carbonyl (C=O) groups is 1. The molecule has 1 aromatic heterocycles. The number of aryl methyl sites for hydroxylation is 1. The Labute approximate surface area is 141 Å². The second kappa shape index (κ2) is 6.28. The Kier molecular flexibility index (Phi) is 4.32. The predicted octanol–water partition coefficient (Wildman–Crippen LogP) is 1.29. The van der Waals surface area contributed by atoms with E-state index in [2.05, 4.69) is 11.9 Å². The first kappa shape index (κ1) is 16.5. The van der Waals surface area contributed by atoms with Gasteiger partial charge in [-0.2, -0.15) is 0 Å². The van der Waals surface area contributed by atoms with Gasteiger partial charge in [-0.05, 0) is 45.1 Å². The molecule has 6 nitrogen and oxygen atoms in total. The Balaban J connectivity index is 2.00. The van der Waals surface area contributed by atoms with Crippen molar-refractivity contribution in [3.05, 3.63) is 40.2 Å². The Hall–Kier alpha value is -2.34. The van der Waals surface area contributed by atoms with Crippen LogP contribution in [0.4, 0.5) is 5.69 Å². The molecule has 1 aliphatic heterocycles. The minimum atomic E-state index is -0.286. The minimum absolute atomic E-state index is 0.169. The third kappa shape index (κ3) is 2.78. The third-order valence-corrected chi connectivity index (χ3v) is 5.04. The summed E-state index contributed by atoms with van der Waals surface area (Å²) >= 11 is 0. The van der Waals surface area contributed by atoms with Gasteiger partial charge >= 0.3 is 0 Å². The summed E-state index contributed by atoms with van der Waals surface area (Å²) in [6.45, 7) is 1.93. The normalized spacial score (nSPS) is 16.5. The van der Waals surface area contributed by atoms with Crippen LogP contribution in [-0.4, -0.2) is 53.5 Å². The largest absolute Gasteiger partial charge is 0.398 e. The van der Waals surface area contributed by atoms with Crippen LogP contribution in [0.15, 0.2) is 29.2 Å². The fourth-order valence-electron chi connectivity index (χ4n) is 3.45. The maximum absolute atomic E-state index is 12.9. The van der Waals surface area contributed by atoms with Crippen LogP contribution < -0.4 is 11.2 Å². The second-order valence-electron chi connectivity index (χ2n) is 6.67. The highest BCUT2D eigenvalue weighted by atomic mass is 16.2. The summed E-state index contributed by atoms with van der Waals surface area (Å²) in [6, 6.07) is 5.51. The van der Waals surface area contributed by atoms with Crippen molar-refractivity contribution < 1.29 is 4.79 Å². The number of nitrogens with zero attached hydrogens (tertiary/aromatic N) is 3. The second-order valence-corrected chi connectivity index (χ2v) is 6.67. The number of carbonyl (C=O) groups excluding carboxylic acids is 1. The molecule has 1 saturated heterocycles. The zero-order chi connectivity index (χ0) is 17.4. The van der Waals surface area contributed by atoms with E-state index in [0.717, 1.165) is 31.4 Å². The first-order valence-electron chi connectivity index (χ1n) is 8.23. The van der Waals surface area contributed by atoms with Gasteiger partial charge in [0.15, 0.2) is 0 Å². The number of benzene rings is 1. The SMILES string of the molecule is CN1CCC(N(C)C(=O)c2cn(C)c3cccc(N)c3c2=O)CC1. The van der Waals surface area contributed by atoms with Crippen LogP contribution >= 0.6 is 0 Å². The molecule has 0 aliphatic carbocycles. The highest BCUT2D eigenvalue weighted by molar-refractivity contribution is 6.00. The van der Waals surface area contributed by atoms with Crippen LogP contribution in [0.1, 0.15) is 23.2 Å². The highest BCUT2D eigenvalue weighted by Crippen LogP contribution is 2.20. The van der Waals surface area contributed by atoms with Crippen LogP contribution in [-0.2, 0) is 7.05 Å². The number of likely N-dealkylation sites (tertiary alicyclic amines) is 1. The average molecular weight is 328 g/mol. The molecular weight excluding hydrogens is 304 g/mol. The molecule has 1 aromatic carbocycles. The molecule has 0 saturated carbocycles. The summed E-state index contributed by atoms with van der Waals surface area (Å²) in [7, 11) is 5.70. The number of nitrogen functional groups attached to an aromatic ring is 1. The van der Waals surface area contributed by atoms with Crippen molar-refractivity contribution in [1.82, 2.24) is 14.4 Å². The number of nitrogens with two attached hydrogens (primary N) is 1. The fourth-order valence-corrected chi connectivity index (χ4v) is 3.45. The summed E-state index contributed by atoms with van der Waals surface area (Å²) < 4.78 is 1.79. The smallest absolute Gasteiger partial charge is 0.259 e. The van der Waals surface area contributed by atoms with Crippen LogP contribution in [0, 0.1) is 0 Å². The number of anilines is 1. The monoisotopic (exact) mass is 328 g/mol. The molecule has 0 atom stereocenters. The van der Waals surface area contributed by atoms with Crippen molar-refractivity contribution in [1.29, 1.82) is 0 Å². The van der Waals surface area contributed by atoms with Crippen molar-refractivity contribution in [3.8, 4) is 0 Å². The van der Waals surface area contributed by atoms with Gasteiger partial charge in [0.2, 0.25) is 5.43 Å². The van der Waals surface area contributed by atoms with Gasteiger partial charge in [0, 0.05) is 32.0 Å². The molecule has 0 spiro atoms. The fraction of sp³-hybridized carbons (Fsp3) is 0.444. The van der Waals surface area contributed by atoms with E-state index in [-0.39, 0.29) is 22.9 Å². The molecule has 0 bridgehead atoms. The predicted molar refractivity (Wildman–Crippen MR) is 96.2 cm³/mol. The van der Waals surface area contributed by atoms with Crippen LogP contribution in [0.2, 0.25) is 0 Å². The van der Waals surface area contributed by atoms with Gasteiger partial charge in [-0.3, -0.25) is 9.59 Å². The van der Waals surface area contributed by atoms with Gasteiger partial charge in [0.05, 0.1) is 10.9 Å². The molecule has 0 unspecified atom stereocenters. The minimum Gasteiger partial charge on any atom is -0.398 e. The molecule has 0 radical (unpaired) electrons. The lowest BCUT2D eigenvalue weighted by Gasteiger charge is -2.35. The van der Waals surface area contributed by atoms with E-state index in [4.69, 9.17) is 5.73 Å². The van der Waals surface area contributed by atoms with Gasteiger partial charge in [0.25, 0.3) is 5.91 Å². The molecule has 1 amide bonds. The van der Waals surface area contributed by atoms with E-state index in [0.29, 0.717) is 11.1 Å². The lowest BCUT2D eigenvalue weighted by atomic mass is 10.0. The Morgan fingerprint density at radius 3 is 2.58 bits per heavy atom. The van der Waals surface area contributed by atoms with Gasteiger partial charge < -0.3 is 20.1 Å². The molecule has 6 heteroatoms. The quantitative estimate of drug-likeness (QED) is 0.843. The van der Waals surface area contributed by atoms with Crippen molar-refractivity contribution >= 4 is 22.5 Å². The summed E-state index contributed by atoms with van der Waals surface area (Å²) in [5.41, 5.74) is 7.03. The van der Waals surface area contributed by atoms with E-state index >= 15 is 0 Å². The number of aromatic nitrogens is 1. The first-order chi connectivity index (χ1) is 11.4. The molecule has 1 fully saturated rings. The van der Waals surface area contributed by atoms with E-state index in [1.807, 2.05) is 19.2 Å². The standard InChI is InChI=1S/C18H24N4O2/c1-20-9-7-12(8-10-20)22(3)18(24)13-11-21(2)15-6-4-5-14(19)16(15)17(13)23/h4-6,11-12H,7-10,19H2,1-3H3. The molecule has 2 heterocycles. The van der Waals surface area contributed by atoms with E-state index < -0.39 is 0 Å². The van der Waals surface area contributed by atoms with Crippen molar-refractivity contribution in [2.75, 3.05) is 32.9 Å². The Bertz CT molecular complexity index is 835. The van der Waals surface area contributed by atoms with Gasteiger partial charge in [0.1, 0.15) is 5.56 Å². The summed E-state index contributed by atoms with van der Waals surface area (Å²) in [5.74, 6) is -0.227. The average Bonchev–Trinajstić information content (AvgIpc) is 2.57.